The lowest BCUT2D eigenvalue weighted by molar-refractivity contribution is -0.133. The van der Waals surface area contributed by atoms with E-state index in [1.54, 1.807) is 0 Å². The smallest absolute Gasteiger partial charge is 0.222 e. The third-order valence-electron chi connectivity index (χ3n) is 4.71. The van der Waals surface area contributed by atoms with Gasteiger partial charge >= 0.3 is 0 Å². The zero-order chi connectivity index (χ0) is 12.8. The molecule has 0 atom stereocenters. The summed E-state index contributed by atoms with van der Waals surface area (Å²) in [5.74, 6) is 1.95. The van der Waals surface area contributed by atoms with Crippen LogP contribution in [0.4, 0.5) is 0 Å². The first-order valence-electron chi connectivity index (χ1n) is 7.72. The summed E-state index contributed by atoms with van der Waals surface area (Å²) in [6, 6.07) is 0. The van der Waals surface area contributed by atoms with E-state index in [0.717, 1.165) is 32.0 Å². The zero-order valence-electron chi connectivity index (χ0n) is 12.2. The van der Waals surface area contributed by atoms with Gasteiger partial charge in [0, 0.05) is 19.5 Å². The SMILES string of the molecule is CNCCC1CCN(C(=O)CC2CCCC2)CC1.Cl. The van der Waals surface area contributed by atoms with Gasteiger partial charge in [-0.3, -0.25) is 4.79 Å². The van der Waals surface area contributed by atoms with Crippen LogP contribution in [0.1, 0.15) is 51.4 Å². The molecule has 2 aliphatic rings. The Kier molecular flexibility index (Phi) is 7.77. The lowest BCUT2D eigenvalue weighted by atomic mass is 9.93. The number of halogens is 1. The summed E-state index contributed by atoms with van der Waals surface area (Å²) in [7, 11) is 2.01. The molecule has 0 aromatic carbocycles. The molecule has 0 aromatic heterocycles. The number of piperidine rings is 1. The van der Waals surface area contributed by atoms with Gasteiger partial charge in [-0.15, -0.1) is 12.4 Å². The number of nitrogens with one attached hydrogen (secondary N) is 1. The third kappa shape index (κ3) is 5.31. The molecular formula is C15H29ClN2O. The molecule has 4 heteroatoms. The predicted octanol–water partition coefficient (Wildman–Crippen LogP) is 2.84. The van der Waals surface area contributed by atoms with Gasteiger partial charge in [0.15, 0.2) is 0 Å². The number of nitrogens with zero attached hydrogens (tertiary/aromatic N) is 1. The molecule has 0 spiro atoms. The van der Waals surface area contributed by atoms with Crippen molar-refractivity contribution < 1.29 is 4.79 Å². The summed E-state index contributed by atoms with van der Waals surface area (Å²) >= 11 is 0. The highest BCUT2D eigenvalue weighted by Crippen LogP contribution is 2.29. The quantitative estimate of drug-likeness (QED) is 0.844. The Morgan fingerprint density at radius 1 is 1.11 bits per heavy atom. The molecular weight excluding hydrogens is 260 g/mol. The van der Waals surface area contributed by atoms with E-state index in [4.69, 9.17) is 0 Å². The van der Waals surface area contributed by atoms with Gasteiger partial charge in [0.05, 0.1) is 0 Å². The molecule has 19 heavy (non-hydrogen) atoms. The third-order valence-corrected chi connectivity index (χ3v) is 4.71. The van der Waals surface area contributed by atoms with Gasteiger partial charge in [-0.05, 0) is 57.5 Å². The van der Waals surface area contributed by atoms with Crippen molar-refractivity contribution in [2.24, 2.45) is 11.8 Å². The monoisotopic (exact) mass is 288 g/mol. The van der Waals surface area contributed by atoms with E-state index < -0.39 is 0 Å². The average molecular weight is 289 g/mol. The first-order chi connectivity index (χ1) is 8.79. The van der Waals surface area contributed by atoms with Crippen LogP contribution in [0.25, 0.3) is 0 Å². The molecule has 0 aromatic rings. The van der Waals surface area contributed by atoms with Crippen LogP contribution in [-0.2, 0) is 4.79 Å². The summed E-state index contributed by atoms with van der Waals surface area (Å²) in [6.07, 6.45) is 9.74. The van der Waals surface area contributed by atoms with Crippen molar-refractivity contribution >= 4 is 18.3 Å². The van der Waals surface area contributed by atoms with E-state index in [0.29, 0.717) is 11.8 Å². The topological polar surface area (TPSA) is 32.3 Å². The van der Waals surface area contributed by atoms with Crippen molar-refractivity contribution in [1.82, 2.24) is 10.2 Å². The van der Waals surface area contributed by atoms with Crippen LogP contribution in [0, 0.1) is 11.8 Å². The van der Waals surface area contributed by atoms with Gasteiger partial charge in [-0.25, -0.2) is 0 Å². The molecule has 2 fully saturated rings. The standard InChI is InChI=1S/C15H28N2O.ClH/c1-16-9-6-13-7-10-17(11-8-13)15(18)12-14-4-2-3-5-14;/h13-14,16H,2-12H2,1H3;1H. The first kappa shape index (κ1) is 16.8. The van der Waals surface area contributed by atoms with Crippen LogP contribution in [0.2, 0.25) is 0 Å². The molecule has 2 rings (SSSR count). The Bertz CT molecular complexity index is 259. The fourth-order valence-corrected chi connectivity index (χ4v) is 3.41. The minimum absolute atomic E-state index is 0. The van der Waals surface area contributed by atoms with Gasteiger partial charge in [-0.1, -0.05) is 12.8 Å². The molecule has 112 valence electrons. The molecule has 1 heterocycles. The molecule has 1 saturated carbocycles. The van der Waals surface area contributed by atoms with Crippen molar-refractivity contribution in [3.63, 3.8) is 0 Å². The van der Waals surface area contributed by atoms with Crippen LogP contribution in [0.15, 0.2) is 0 Å². The van der Waals surface area contributed by atoms with Crippen LogP contribution >= 0.6 is 12.4 Å². The molecule has 3 nitrogen and oxygen atoms in total. The van der Waals surface area contributed by atoms with Crippen molar-refractivity contribution in [2.75, 3.05) is 26.7 Å². The van der Waals surface area contributed by atoms with Crippen molar-refractivity contribution in [3.05, 3.63) is 0 Å². The largest absolute Gasteiger partial charge is 0.343 e. The number of rotatable bonds is 5. The predicted molar refractivity (Wildman–Crippen MR) is 81.7 cm³/mol. The highest BCUT2D eigenvalue weighted by molar-refractivity contribution is 5.85. The second kappa shape index (κ2) is 8.80. The van der Waals surface area contributed by atoms with E-state index in [1.165, 1.54) is 44.9 Å². The fraction of sp³-hybridized carbons (Fsp3) is 0.933. The van der Waals surface area contributed by atoms with Crippen LogP contribution < -0.4 is 5.32 Å². The molecule has 1 aliphatic carbocycles. The van der Waals surface area contributed by atoms with Crippen LogP contribution in [0.3, 0.4) is 0 Å². The summed E-state index contributed by atoms with van der Waals surface area (Å²) in [5.41, 5.74) is 0. The Morgan fingerprint density at radius 2 is 1.74 bits per heavy atom. The van der Waals surface area contributed by atoms with Gasteiger partial charge in [0.25, 0.3) is 0 Å². The van der Waals surface area contributed by atoms with Crippen molar-refractivity contribution in [1.29, 1.82) is 0 Å². The Morgan fingerprint density at radius 3 is 2.32 bits per heavy atom. The highest BCUT2D eigenvalue weighted by Gasteiger charge is 2.25. The van der Waals surface area contributed by atoms with Gasteiger partial charge in [0.1, 0.15) is 0 Å². The summed E-state index contributed by atoms with van der Waals surface area (Å²) in [4.78, 5) is 14.3. The maximum absolute atomic E-state index is 12.2. The minimum atomic E-state index is 0. The number of hydrogen-bond donors (Lipinski definition) is 1. The highest BCUT2D eigenvalue weighted by atomic mass is 35.5. The Labute approximate surface area is 123 Å². The molecule has 1 aliphatic heterocycles. The summed E-state index contributed by atoms with van der Waals surface area (Å²) in [5, 5.41) is 3.22. The minimum Gasteiger partial charge on any atom is -0.343 e. The molecule has 1 N–H and O–H groups in total. The van der Waals surface area contributed by atoms with Crippen molar-refractivity contribution in [2.45, 2.75) is 51.4 Å². The van der Waals surface area contributed by atoms with Crippen molar-refractivity contribution in [3.8, 4) is 0 Å². The van der Waals surface area contributed by atoms with E-state index in [9.17, 15) is 4.79 Å². The molecule has 0 bridgehead atoms. The number of amides is 1. The lowest BCUT2D eigenvalue weighted by Gasteiger charge is -2.32. The number of carbonyl (C=O) groups is 1. The van der Waals surface area contributed by atoms with Crippen LogP contribution in [0.5, 0.6) is 0 Å². The fourth-order valence-electron chi connectivity index (χ4n) is 3.41. The summed E-state index contributed by atoms with van der Waals surface area (Å²) in [6.45, 7) is 3.11. The van der Waals surface area contributed by atoms with Gasteiger partial charge < -0.3 is 10.2 Å². The normalized spacial score (nSPS) is 21.4. The Balaban J connectivity index is 0.00000180. The van der Waals surface area contributed by atoms with E-state index >= 15 is 0 Å². The molecule has 0 radical (unpaired) electrons. The Hall–Kier alpha value is -0.280. The molecule has 1 amide bonds. The van der Waals surface area contributed by atoms with Gasteiger partial charge in [0.2, 0.25) is 5.91 Å². The molecule has 1 saturated heterocycles. The first-order valence-corrected chi connectivity index (χ1v) is 7.72. The molecule has 0 unspecified atom stereocenters. The average Bonchev–Trinajstić information content (AvgIpc) is 2.89. The van der Waals surface area contributed by atoms with E-state index in [2.05, 4.69) is 10.2 Å². The maximum atomic E-state index is 12.2. The lowest BCUT2D eigenvalue weighted by Crippen LogP contribution is -2.39. The second-order valence-electron chi connectivity index (χ2n) is 6.07. The van der Waals surface area contributed by atoms with E-state index in [-0.39, 0.29) is 12.4 Å². The number of carbonyl (C=O) groups excluding carboxylic acids is 1. The maximum Gasteiger partial charge on any atom is 0.222 e. The van der Waals surface area contributed by atoms with Gasteiger partial charge in [-0.2, -0.15) is 0 Å². The number of hydrogen-bond acceptors (Lipinski definition) is 2. The second-order valence-corrected chi connectivity index (χ2v) is 6.07. The zero-order valence-corrected chi connectivity index (χ0v) is 13.0. The van der Waals surface area contributed by atoms with Crippen LogP contribution in [-0.4, -0.2) is 37.5 Å². The summed E-state index contributed by atoms with van der Waals surface area (Å²) < 4.78 is 0. The number of likely N-dealkylation sites (tertiary alicyclic amines) is 1. The van der Waals surface area contributed by atoms with E-state index in [1.807, 2.05) is 7.05 Å².